The lowest BCUT2D eigenvalue weighted by atomic mass is 10.2. The molecule has 1 saturated heterocycles. The van der Waals surface area contributed by atoms with Gasteiger partial charge in [0.2, 0.25) is 0 Å². The smallest absolute Gasteiger partial charge is 0.382 e. The van der Waals surface area contributed by atoms with Gasteiger partial charge in [0.15, 0.2) is 6.10 Å². The van der Waals surface area contributed by atoms with Gasteiger partial charge in [-0.05, 0) is 18.6 Å². The third kappa shape index (κ3) is 4.41. The van der Waals surface area contributed by atoms with Gasteiger partial charge < -0.3 is 10.0 Å². The molecule has 2 heterocycles. The molecule has 0 aliphatic carbocycles. The van der Waals surface area contributed by atoms with Crippen LogP contribution in [-0.2, 0) is 0 Å². The Hall–Kier alpha value is -1.67. The number of hydrogen-bond acceptors (Lipinski definition) is 4. The van der Waals surface area contributed by atoms with Gasteiger partial charge in [-0.25, -0.2) is 0 Å². The van der Waals surface area contributed by atoms with E-state index in [9.17, 15) is 18.0 Å². The molecule has 5 nitrogen and oxygen atoms in total. The molecule has 0 radical (unpaired) electrons. The zero-order chi connectivity index (χ0) is 16.2. The number of nitrogens with zero attached hydrogens (tertiary/aromatic N) is 3. The Labute approximate surface area is 126 Å². The van der Waals surface area contributed by atoms with Gasteiger partial charge in [0.25, 0.3) is 5.91 Å². The molecule has 1 aromatic heterocycles. The summed E-state index contributed by atoms with van der Waals surface area (Å²) in [5, 5.41) is 9.13. The van der Waals surface area contributed by atoms with E-state index in [4.69, 9.17) is 5.11 Å². The van der Waals surface area contributed by atoms with E-state index < -0.39 is 18.8 Å². The first-order valence-electron chi connectivity index (χ1n) is 7.04. The average molecular weight is 317 g/mol. The largest absolute Gasteiger partial charge is 0.415 e. The molecule has 1 aliphatic rings. The van der Waals surface area contributed by atoms with Crippen LogP contribution in [0.3, 0.4) is 0 Å². The van der Waals surface area contributed by atoms with E-state index in [2.05, 4.69) is 4.98 Å². The lowest BCUT2D eigenvalue weighted by molar-refractivity contribution is -0.208. The molecular weight excluding hydrogens is 299 g/mol. The van der Waals surface area contributed by atoms with Gasteiger partial charge in [0.05, 0.1) is 0 Å². The number of aliphatic hydroxyl groups is 1. The van der Waals surface area contributed by atoms with Gasteiger partial charge in [0.1, 0.15) is 0 Å². The predicted octanol–water partition coefficient (Wildman–Crippen LogP) is 1.15. The van der Waals surface area contributed by atoms with Gasteiger partial charge in [-0.15, -0.1) is 0 Å². The van der Waals surface area contributed by atoms with E-state index in [1.807, 2.05) is 0 Å². The van der Waals surface area contributed by atoms with Gasteiger partial charge in [-0.2, -0.15) is 13.2 Å². The van der Waals surface area contributed by atoms with Crippen molar-refractivity contribution in [3.63, 3.8) is 0 Å². The Balaban J connectivity index is 1.91. The van der Waals surface area contributed by atoms with E-state index in [1.54, 1.807) is 17.0 Å². The second-order valence-electron chi connectivity index (χ2n) is 5.24. The topological polar surface area (TPSA) is 56.7 Å². The van der Waals surface area contributed by atoms with E-state index in [-0.39, 0.29) is 5.91 Å². The molecule has 0 bridgehead atoms. The highest BCUT2D eigenvalue weighted by Crippen LogP contribution is 2.21. The Bertz CT molecular complexity index is 496. The lowest BCUT2D eigenvalue weighted by Crippen LogP contribution is -2.42. The molecule has 0 spiro atoms. The lowest BCUT2D eigenvalue weighted by Gasteiger charge is -2.25. The average Bonchev–Trinajstić information content (AvgIpc) is 2.72. The number of alkyl halides is 3. The summed E-state index contributed by atoms with van der Waals surface area (Å²) in [4.78, 5) is 19.3. The number of aliphatic hydroxyl groups excluding tert-OH is 1. The van der Waals surface area contributed by atoms with Gasteiger partial charge >= 0.3 is 6.18 Å². The zero-order valence-corrected chi connectivity index (χ0v) is 12.0. The van der Waals surface area contributed by atoms with Crippen molar-refractivity contribution < 1.29 is 23.1 Å². The summed E-state index contributed by atoms with van der Waals surface area (Å²) in [7, 11) is 0. The maximum Gasteiger partial charge on any atom is 0.415 e. The second kappa shape index (κ2) is 7.06. The van der Waals surface area contributed by atoms with Crippen LogP contribution in [0, 0.1) is 0 Å². The summed E-state index contributed by atoms with van der Waals surface area (Å²) < 4.78 is 37.2. The molecule has 8 heteroatoms. The van der Waals surface area contributed by atoms with Gasteiger partial charge in [0, 0.05) is 50.7 Å². The highest BCUT2D eigenvalue weighted by molar-refractivity contribution is 5.94. The van der Waals surface area contributed by atoms with Crippen LogP contribution in [0.5, 0.6) is 0 Å². The van der Waals surface area contributed by atoms with Crippen molar-refractivity contribution in [3.05, 3.63) is 30.1 Å². The molecule has 1 N–H and O–H groups in total. The summed E-state index contributed by atoms with van der Waals surface area (Å²) in [6.45, 7) is 1.10. The molecule has 1 atom stereocenters. The minimum absolute atomic E-state index is 0.152. The molecule has 1 amide bonds. The fraction of sp³-hybridized carbons (Fsp3) is 0.571. The van der Waals surface area contributed by atoms with Crippen LogP contribution in [-0.4, -0.2) is 70.8 Å². The number of carbonyl (C=O) groups is 1. The molecule has 0 saturated carbocycles. The zero-order valence-electron chi connectivity index (χ0n) is 12.0. The number of hydrogen-bond donors (Lipinski definition) is 1. The van der Waals surface area contributed by atoms with Crippen molar-refractivity contribution in [2.75, 3.05) is 32.7 Å². The number of pyridine rings is 1. The minimum Gasteiger partial charge on any atom is -0.382 e. The number of halogens is 3. The van der Waals surface area contributed by atoms with Crippen LogP contribution >= 0.6 is 0 Å². The van der Waals surface area contributed by atoms with Crippen molar-refractivity contribution in [1.82, 2.24) is 14.8 Å². The Morgan fingerprint density at radius 1 is 1.23 bits per heavy atom. The van der Waals surface area contributed by atoms with Crippen LogP contribution in [0.25, 0.3) is 0 Å². The third-order valence-electron chi connectivity index (χ3n) is 3.61. The van der Waals surface area contributed by atoms with E-state index >= 15 is 0 Å². The van der Waals surface area contributed by atoms with E-state index in [0.29, 0.717) is 38.2 Å². The first-order chi connectivity index (χ1) is 10.4. The minimum atomic E-state index is -4.61. The van der Waals surface area contributed by atoms with Crippen LogP contribution in [0.2, 0.25) is 0 Å². The fourth-order valence-electron chi connectivity index (χ4n) is 2.38. The van der Waals surface area contributed by atoms with Gasteiger partial charge in [-0.1, -0.05) is 0 Å². The number of rotatable bonds is 3. The number of amides is 1. The first kappa shape index (κ1) is 16.7. The molecule has 0 aromatic carbocycles. The summed E-state index contributed by atoms with van der Waals surface area (Å²) >= 11 is 0. The van der Waals surface area contributed by atoms with Crippen molar-refractivity contribution in [3.8, 4) is 0 Å². The standard InChI is InChI=1S/C14H18F3N3O2/c15-14(16,17)12(21)10-19-6-1-7-20(9-8-19)13(22)11-2-4-18-5-3-11/h2-5,12,21H,1,6-10H2/t12-/m1/s1. The summed E-state index contributed by atoms with van der Waals surface area (Å²) in [5.41, 5.74) is 0.513. The first-order valence-corrected chi connectivity index (χ1v) is 7.04. The SMILES string of the molecule is O=C(c1ccncc1)N1CCCN(C[C@@H](O)C(F)(F)F)CC1. The maximum absolute atomic E-state index is 12.4. The fourth-order valence-corrected chi connectivity index (χ4v) is 2.38. The Morgan fingerprint density at radius 2 is 1.91 bits per heavy atom. The molecule has 122 valence electrons. The van der Waals surface area contributed by atoms with Gasteiger partial charge in [-0.3, -0.25) is 14.7 Å². The third-order valence-corrected chi connectivity index (χ3v) is 3.61. The molecule has 1 aromatic rings. The Kier molecular flexibility index (Phi) is 5.36. The molecule has 1 aliphatic heterocycles. The van der Waals surface area contributed by atoms with Crippen LogP contribution in [0.15, 0.2) is 24.5 Å². The molecular formula is C14H18F3N3O2. The van der Waals surface area contributed by atoms with Crippen LogP contribution in [0.4, 0.5) is 13.2 Å². The molecule has 22 heavy (non-hydrogen) atoms. The van der Waals surface area contributed by atoms with Crippen molar-refractivity contribution in [2.45, 2.75) is 18.7 Å². The summed E-state index contributed by atoms with van der Waals surface area (Å²) in [6.07, 6.45) is -3.34. The predicted molar refractivity (Wildman–Crippen MR) is 73.3 cm³/mol. The molecule has 0 unspecified atom stereocenters. The maximum atomic E-state index is 12.4. The number of β-amino-alcohol motifs (C(OH)–C–C–N with tert-alkyl or cyclic N) is 1. The van der Waals surface area contributed by atoms with Crippen molar-refractivity contribution in [1.29, 1.82) is 0 Å². The highest BCUT2D eigenvalue weighted by atomic mass is 19.4. The van der Waals surface area contributed by atoms with Crippen LogP contribution < -0.4 is 0 Å². The normalized spacial score (nSPS) is 18.8. The molecule has 1 fully saturated rings. The number of carbonyl (C=O) groups excluding carboxylic acids is 1. The quantitative estimate of drug-likeness (QED) is 0.909. The van der Waals surface area contributed by atoms with Crippen LogP contribution in [0.1, 0.15) is 16.8 Å². The monoisotopic (exact) mass is 317 g/mol. The second-order valence-corrected chi connectivity index (χ2v) is 5.24. The summed E-state index contributed by atoms with van der Waals surface area (Å²) in [5.74, 6) is -0.152. The molecule has 2 rings (SSSR count). The van der Waals surface area contributed by atoms with Crippen molar-refractivity contribution in [2.24, 2.45) is 0 Å². The van der Waals surface area contributed by atoms with E-state index in [0.717, 1.165) is 0 Å². The van der Waals surface area contributed by atoms with Crippen molar-refractivity contribution >= 4 is 5.91 Å². The summed E-state index contributed by atoms with van der Waals surface area (Å²) in [6, 6.07) is 3.22. The number of aromatic nitrogens is 1. The highest BCUT2D eigenvalue weighted by Gasteiger charge is 2.39. The van der Waals surface area contributed by atoms with E-state index in [1.165, 1.54) is 17.3 Å². The Morgan fingerprint density at radius 3 is 2.55 bits per heavy atom.